The second kappa shape index (κ2) is 5.43. The average molecular weight is 273 g/mol. The SMILES string of the molecule is CN(C)c1ccc(C=C2C(=O)NC(=O)N/C2=N\N)cc1. The van der Waals surface area contributed by atoms with Crippen LogP contribution in [-0.2, 0) is 4.79 Å². The Morgan fingerprint density at radius 2 is 1.80 bits per heavy atom. The van der Waals surface area contributed by atoms with Crippen LogP contribution in [0.3, 0.4) is 0 Å². The zero-order chi connectivity index (χ0) is 14.7. The summed E-state index contributed by atoms with van der Waals surface area (Å²) in [5.41, 5.74) is 2.06. The Kier molecular flexibility index (Phi) is 3.69. The molecule has 1 aliphatic heterocycles. The van der Waals surface area contributed by atoms with Crippen molar-refractivity contribution in [3.8, 4) is 0 Å². The molecule has 0 atom stereocenters. The molecule has 3 amide bonds. The van der Waals surface area contributed by atoms with Gasteiger partial charge in [-0.3, -0.25) is 15.4 Å². The molecular weight excluding hydrogens is 258 g/mol. The number of amidine groups is 1. The second-order valence-electron chi connectivity index (χ2n) is 4.43. The minimum absolute atomic E-state index is 0.0513. The molecular formula is C13H15N5O2. The van der Waals surface area contributed by atoms with E-state index in [1.54, 1.807) is 6.08 Å². The number of nitrogens with two attached hydrogens (primary N) is 1. The van der Waals surface area contributed by atoms with Gasteiger partial charge in [0.15, 0.2) is 5.84 Å². The maximum Gasteiger partial charge on any atom is 0.327 e. The summed E-state index contributed by atoms with van der Waals surface area (Å²) < 4.78 is 0. The Morgan fingerprint density at radius 1 is 1.15 bits per heavy atom. The maximum atomic E-state index is 11.8. The van der Waals surface area contributed by atoms with Crippen molar-refractivity contribution in [3.63, 3.8) is 0 Å². The predicted octanol–water partition coefficient (Wildman–Crippen LogP) is 0.248. The van der Waals surface area contributed by atoms with E-state index in [0.29, 0.717) is 0 Å². The fourth-order valence-electron chi connectivity index (χ4n) is 1.76. The zero-order valence-corrected chi connectivity index (χ0v) is 11.2. The summed E-state index contributed by atoms with van der Waals surface area (Å²) in [4.78, 5) is 24.9. The summed E-state index contributed by atoms with van der Waals surface area (Å²) in [5.74, 6) is 4.70. The highest BCUT2D eigenvalue weighted by molar-refractivity contribution is 6.32. The summed E-state index contributed by atoms with van der Waals surface area (Å²) in [7, 11) is 3.88. The molecule has 1 aromatic carbocycles. The van der Waals surface area contributed by atoms with Gasteiger partial charge in [0.25, 0.3) is 5.91 Å². The van der Waals surface area contributed by atoms with Crippen LogP contribution >= 0.6 is 0 Å². The number of nitrogens with zero attached hydrogens (tertiary/aromatic N) is 2. The van der Waals surface area contributed by atoms with E-state index in [-0.39, 0.29) is 11.4 Å². The van der Waals surface area contributed by atoms with E-state index < -0.39 is 11.9 Å². The van der Waals surface area contributed by atoms with Gasteiger partial charge in [-0.2, -0.15) is 5.10 Å². The fraction of sp³-hybridized carbons (Fsp3) is 0.154. The summed E-state index contributed by atoms with van der Waals surface area (Å²) in [6, 6.07) is 6.93. The number of imide groups is 1. The van der Waals surface area contributed by atoms with E-state index in [1.807, 2.05) is 43.3 Å². The first-order valence-electron chi connectivity index (χ1n) is 5.91. The lowest BCUT2D eigenvalue weighted by Gasteiger charge is -2.17. The first-order valence-corrected chi connectivity index (χ1v) is 5.91. The molecule has 0 aromatic heterocycles. The molecule has 1 aliphatic rings. The third kappa shape index (κ3) is 2.77. The number of carbonyl (C=O) groups is 2. The molecule has 4 N–H and O–H groups in total. The second-order valence-corrected chi connectivity index (χ2v) is 4.43. The van der Waals surface area contributed by atoms with Crippen LogP contribution in [0.15, 0.2) is 34.9 Å². The molecule has 0 unspecified atom stereocenters. The largest absolute Gasteiger partial charge is 0.378 e. The van der Waals surface area contributed by atoms with Gasteiger partial charge >= 0.3 is 6.03 Å². The van der Waals surface area contributed by atoms with Gasteiger partial charge < -0.3 is 10.7 Å². The highest BCUT2D eigenvalue weighted by Gasteiger charge is 2.25. The number of hydrogen-bond donors (Lipinski definition) is 3. The van der Waals surface area contributed by atoms with Crippen molar-refractivity contribution in [2.75, 3.05) is 19.0 Å². The van der Waals surface area contributed by atoms with Crippen LogP contribution < -0.4 is 21.4 Å². The number of nitrogens with one attached hydrogen (secondary N) is 2. The van der Waals surface area contributed by atoms with Gasteiger partial charge in [0.2, 0.25) is 0 Å². The minimum atomic E-state index is -0.640. The van der Waals surface area contributed by atoms with Crippen LogP contribution in [0.5, 0.6) is 0 Å². The van der Waals surface area contributed by atoms with Crippen LogP contribution in [0.1, 0.15) is 5.56 Å². The molecule has 0 bridgehead atoms. The number of hydrazone groups is 1. The van der Waals surface area contributed by atoms with Gasteiger partial charge in [-0.25, -0.2) is 4.79 Å². The van der Waals surface area contributed by atoms with Crippen molar-refractivity contribution in [1.82, 2.24) is 10.6 Å². The van der Waals surface area contributed by atoms with Crippen molar-refractivity contribution < 1.29 is 9.59 Å². The van der Waals surface area contributed by atoms with Crippen molar-refractivity contribution >= 4 is 29.5 Å². The average Bonchev–Trinajstić information content (AvgIpc) is 2.42. The maximum absolute atomic E-state index is 11.8. The van der Waals surface area contributed by atoms with Gasteiger partial charge in [0.1, 0.15) is 0 Å². The van der Waals surface area contributed by atoms with Gasteiger partial charge in [-0.05, 0) is 23.8 Å². The molecule has 1 fully saturated rings. The quantitative estimate of drug-likeness (QED) is 0.408. The van der Waals surface area contributed by atoms with Gasteiger partial charge in [-0.1, -0.05) is 12.1 Å². The normalized spacial score (nSPS) is 18.9. The number of urea groups is 1. The molecule has 0 saturated carbocycles. The molecule has 2 rings (SSSR count). The standard InChI is InChI=1S/C13H15N5O2/c1-18(2)9-5-3-8(4-6-9)7-10-11(17-14)15-13(20)16-12(10)19/h3-7H,14H2,1-2H3,(H2,15,16,17,19,20). The van der Waals surface area contributed by atoms with Crippen LogP contribution in [0.2, 0.25) is 0 Å². The third-order valence-corrected chi connectivity index (χ3v) is 2.81. The predicted molar refractivity (Wildman–Crippen MR) is 77.0 cm³/mol. The van der Waals surface area contributed by atoms with Crippen LogP contribution in [0.25, 0.3) is 6.08 Å². The monoisotopic (exact) mass is 273 g/mol. The molecule has 104 valence electrons. The number of anilines is 1. The Morgan fingerprint density at radius 3 is 2.35 bits per heavy atom. The smallest absolute Gasteiger partial charge is 0.327 e. The third-order valence-electron chi connectivity index (χ3n) is 2.81. The molecule has 0 aliphatic carbocycles. The van der Waals surface area contributed by atoms with Crippen molar-refractivity contribution in [2.45, 2.75) is 0 Å². The minimum Gasteiger partial charge on any atom is -0.378 e. The molecule has 7 heteroatoms. The van der Waals surface area contributed by atoms with E-state index >= 15 is 0 Å². The topological polar surface area (TPSA) is 99.8 Å². The lowest BCUT2D eigenvalue weighted by molar-refractivity contribution is -0.116. The molecule has 7 nitrogen and oxygen atoms in total. The van der Waals surface area contributed by atoms with Crippen molar-refractivity contribution in [3.05, 3.63) is 35.4 Å². The number of benzene rings is 1. The lowest BCUT2D eigenvalue weighted by atomic mass is 10.1. The highest BCUT2D eigenvalue weighted by atomic mass is 16.2. The number of amides is 3. The van der Waals surface area contributed by atoms with Gasteiger partial charge in [0.05, 0.1) is 5.57 Å². The van der Waals surface area contributed by atoms with Crippen LogP contribution in [0, 0.1) is 0 Å². The Balaban J connectivity index is 2.33. The first-order chi connectivity index (χ1) is 9.51. The van der Waals surface area contributed by atoms with Crippen LogP contribution in [-0.4, -0.2) is 31.9 Å². The molecule has 0 radical (unpaired) electrons. The molecule has 20 heavy (non-hydrogen) atoms. The number of carbonyl (C=O) groups excluding carboxylic acids is 2. The molecule has 1 aromatic rings. The van der Waals surface area contributed by atoms with E-state index in [0.717, 1.165) is 11.3 Å². The Hall–Kier alpha value is -2.83. The Bertz CT molecular complexity index is 602. The van der Waals surface area contributed by atoms with Gasteiger partial charge in [-0.15, -0.1) is 0 Å². The number of rotatable bonds is 2. The van der Waals surface area contributed by atoms with E-state index in [1.165, 1.54) is 0 Å². The zero-order valence-electron chi connectivity index (χ0n) is 11.2. The molecule has 1 saturated heterocycles. The van der Waals surface area contributed by atoms with E-state index in [9.17, 15) is 9.59 Å². The Labute approximate surface area is 116 Å². The summed E-state index contributed by atoms with van der Waals surface area (Å²) in [6.45, 7) is 0. The summed E-state index contributed by atoms with van der Waals surface area (Å²) in [5, 5.41) is 7.93. The first kappa shape index (κ1) is 13.6. The van der Waals surface area contributed by atoms with Crippen molar-refractivity contribution in [1.29, 1.82) is 0 Å². The van der Waals surface area contributed by atoms with E-state index in [2.05, 4.69) is 15.7 Å². The van der Waals surface area contributed by atoms with Crippen LogP contribution in [0.4, 0.5) is 10.5 Å². The molecule has 1 heterocycles. The number of hydrogen-bond acceptors (Lipinski definition) is 5. The lowest BCUT2D eigenvalue weighted by Crippen LogP contribution is -2.51. The molecule has 0 spiro atoms. The summed E-state index contributed by atoms with van der Waals surface area (Å²) >= 11 is 0. The summed E-state index contributed by atoms with van der Waals surface area (Å²) in [6.07, 6.45) is 1.61. The highest BCUT2D eigenvalue weighted by Crippen LogP contribution is 2.15. The van der Waals surface area contributed by atoms with Crippen molar-refractivity contribution in [2.24, 2.45) is 10.9 Å². The fourth-order valence-corrected chi connectivity index (χ4v) is 1.76. The van der Waals surface area contributed by atoms with Gasteiger partial charge in [0, 0.05) is 19.8 Å². The van der Waals surface area contributed by atoms with E-state index in [4.69, 9.17) is 5.84 Å².